The Balaban J connectivity index is 1.76. The zero-order valence-electron chi connectivity index (χ0n) is 13.2. The van der Waals surface area contributed by atoms with Gasteiger partial charge in [-0.25, -0.2) is 0 Å². The molecule has 0 fully saturated rings. The predicted molar refractivity (Wildman–Crippen MR) is 107 cm³/mol. The van der Waals surface area contributed by atoms with Crippen LogP contribution in [0.3, 0.4) is 0 Å². The summed E-state index contributed by atoms with van der Waals surface area (Å²) in [5.74, 6) is 0. The van der Waals surface area contributed by atoms with Crippen molar-refractivity contribution in [2.45, 2.75) is 0 Å². The fourth-order valence-corrected chi connectivity index (χ4v) is 5.46. The van der Waals surface area contributed by atoms with Gasteiger partial charge in [0.15, 0.2) is 0 Å². The molecule has 0 N–H and O–H groups in total. The first-order valence-electron chi connectivity index (χ1n) is 7.79. The molecule has 2 heteroatoms. The molecular weight excluding hydrogens is 422 g/mol. The Morgan fingerprint density at radius 2 is 1.17 bits per heavy atom. The van der Waals surface area contributed by atoms with Crippen LogP contribution >= 0.6 is 0 Å². The van der Waals surface area contributed by atoms with Crippen LogP contribution in [0.2, 0.25) is 0 Å². The van der Waals surface area contributed by atoms with Gasteiger partial charge in [0.25, 0.3) is 0 Å². The summed E-state index contributed by atoms with van der Waals surface area (Å²) in [7, 11) is 0. The Morgan fingerprint density at radius 1 is 0.625 bits per heavy atom. The SMILES string of the molecule is C(=C\[Se]c1ccccc1)/C=C(/[Se]c1ccccc1)c1ccccc1. The van der Waals surface area contributed by atoms with Crippen molar-refractivity contribution in [3.05, 3.63) is 114 Å². The molecule has 0 saturated carbocycles. The van der Waals surface area contributed by atoms with Crippen LogP contribution in [0.25, 0.3) is 4.47 Å². The van der Waals surface area contributed by atoms with Gasteiger partial charge in [-0.05, 0) is 0 Å². The third-order valence-corrected chi connectivity index (χ3v) is 7.37. The molecule has 3 aromatic carbocycles. The Kier molecular flexibility index (Phi) is 6.71. The van der Waals surface area contributed by atoms with E-state index in [1.165, 1.54) is 19.0 Å². The molecule has 0 saturated heterocycles. The first-order valence-corrected chi connectivity index (χ1v) is 11.3. The third-order valence-electron chi connectivity index (χ3n) is 3.30. The molecule has 0 nitrogen and oxygen atoms in total. The molecule has 3 rings (SSSR count). The molecule has 0 aliphatic rings. The van der Waals surface area contributed by atoms with E-state index in [1.807, 2.05) is 0 Å². The van der Waals surface area contributed by atoms with E-state index in [2.05, 4.69) is 108 Å². The molecular formula is C22H18Se2. The molecule has 0 aliphatic heterocycles. The number of benzene rings is 3. The zero-order chi connectivity index (χ0) is 16.5. The molecule has 0 spiro atoms. The Labute approximate surface area is 156 Å². The van der Waals surface area contributed by atoms with Crippen molar-refractivity contribution in [3.63, 3.8) is 0 Å². The monoisotopic (exact) mass is 442 g/mol. The van der Waals surface area contributed by atoms with Gasteiger partial charge in [-0.2, -0.15) is 0 Å². The average Bonchev–Trinajstić information content (AvgIpc) is 2.66. The summed E-state index contributed by atoms with van der Waals surface area (Å²) in [5.41, 5.74) is 1.32. The van der Waals surface area contributed by atoms with E-state index in [0.29, 0.717) is 29.9 Å². The maximum atomic E-state index is 2.30. The van der Waals surface area contributed by atoms with Gasteiger partial charge in [0.2, 0.25) is 0 Å². The number of hydrogen-bond acceptors (Lipinski definition) is 0. The second-order valence-electron chi connectivity index (χ2n) is 5.07. The van der Waals surface area contributed by atoms with E-state index in [4.69, 9.17) is 0 Å². The molecule has 0 heterocycles. The molecule has 0 bridgehead atoms. The molecule has 0 atom stereocenters. The minimum atomic E-state index is 0.312. The van der Waals surface area contributed by atoms with Crippen molar-refractivity contribution in [3.8, 4) is 0 Å². The van der Waals surface area contributed by atoms with Crippen LogP contribution in [-0.4, -0.2) is 29.9 Å². The fourth-order valence-electron chi connectivity index (χ4n) is 2.15. The summed E-state index contributed by atoms with van der Waals surface area (Å²) >= 11 is 0.700. The first-order chi connectivity index (χ1) is 11.9. The topological polar surface area (TPSA) is 0 Å². The van der Waals surface area contributed by atoms with Crippen molar-refractivity contribution in [2.75, 3.05) is 0 Å². The Hall–Kier alpha value is -1.82. The van der Waals surface area contributed by atoms with Gasteiger partial charge >= 0.3 is 157 Å². The Bertz CT molecular complexity index is 791. The molecule has 0 aliphatic carbocycles. The Morgan fingerprint density at radius 3 is 1.79 bits per heavy atom. The van der Waals surface area contributed by atoms with Gasteiger partial charge in [0.1, 0.15) is 0 Å². The normalized spacial score (nSPS) is 11.8. The van der Waals surface area contributed by atoms with Crippen molar-refractivity contribution < 1.29 is 0 Å². The van der Waals surface area contributed by atoms with Gasteiger partial charge in [-0.1, -0.05) is 0 Å². The summed E-state index contributed by atoms with van der Waals surface area (Å²) in [5, 5.41) is 0. The second-order valence-corrected chi connectivity index (χ2v) is 9.47. The average molecular weight is 440 g/mol. The van der Waals surface area contributed by atoms with E-state index < -0.39 is 0 Å². The summed E-state index contributed by atoms with van der Waals surface area (Å²) in [6, 6.07) is 32.1. The fraction of sp³-hybridized carbons (Fsp3) is 0. The molecule has 0 unspecified atom stereocenters. The minimum absolute atomic E-state index is 0.312. The number of rotatable bonds is 6. The molecule has 24 heavy (non-hydrogen) atoms. The van der Waals surface area contributed by atoms with Crippen LogP contribution in [0.4, 0.5) is 0 Å². The van der Waals surface area contributed by atoms with Crippen LogP contribution in [0.1, 0.15) is 5.56 Å². The van der Waals surface area contributed by atoms with Crippen molar-refractivity contribution in [1.82, 2.24) is 0 Å². The first kappa shape index (κ1) is 17.0. The zero-order valence-corrected chi connectivity index (χ0v) is 16.6. The van der Waals surface area contributed by atoms with Crippen molar-refractivity contribution >= 4 is 43.3 Å². The standard InChI is InChI=1S/C22H18Se2/c1-4-11-19(12-5-1)22(24-21-15-8-3-9-16-21)17-10-18-23-20-13-6-2-7-14-20/h1-18H/b18-10+,22-17+. The molecule has 118 valence electrons. The summed E-state index contributed by atoms with van der Waals surface area (Å²) in [6.45, 7) is 0. The van der Waals surface area contributed by atoms with E-state index in [0.717, 1.165) is 0 Å². The summed E-state index contributed by atoms with van der Waals surface area (Å²) in [4.78, 5) is 2.30. The van der Waals surface area contributed by atoms with E-state index >= 15 is 0 Å². The van der Waals surface area contributed by atoms with Crippen LogP contribution in [-0.2, 0) is 0 Å². The second kappa shape index (κ2) is 9.47. The molecule has 0 aromatic heterocycles. The summed E-state index contributed by atoms with van der Waals surface area (Å²) in [6.07, 6.45) is 4.51. The van der Waals surface area contributed by atoms with Gasteiger partial charge in [0.05, 0.1) is 0 Å². The number of hydrogen-bond donors (Lipinski definition) is 0. The predicted octanol–water partition coefficient (Wildman–Crippen LogP) is 3.60. The van der Waals surface area contributed by atoms with Crippen LogP contribution in [0.15, 0.2) is 108 Å². The van der Waals surface area contributed by atoms with Crippen LogP contribution in [0, 0.1) is 0 Å². The summed E-state index contributed by atoms with van der Waals surface area (Å²) < 4.78 is 4.22. The van der Waals surface area contributed by atoms with Crippen LogP contribution < -0.4 is 8.92 Å². The molecule has 0 radical (unpaired) electrons. The van der Waals surface area contributed by atoms with Gasteiger partial charge in [-0.15, -0.1) is 0 Å². The number of allylic oxidation sites excluding steroid dienone is 2. The van der Waals surface area contributed by atoms with Gasteiger partial charge in [-0.3, -0.25) is 0 Å². The van der Waals surface area contributed by atoms with Crippen LogP contribution in [0.5, 0.6) is 0 Å². The van der Waals surface area contributed by atoms with E-state index in [-0.39, 0.29) is 0 Å². The third kappa shape index (κ3) is 5.37. The van der Waals surface area contributed by atoms with Crippen molar-refractivity contribution in [1.29, 1.82) is 0 Å². The van der Waals surface area contributed by atoms with E-state index in [9.17, 15) is 0 Å². The van der Waals surface area contributed by atoms with E-state index in [1.54, 1.807) is 0 Å². The molecule has 0 amide bonds. The van der Waals surface area contributed by atoms with Gasteiger partial charge < -0.3 is 0 Å². The maximum absolute atomic E-state index is 2.30. The molecule has 3 aromatic rings. The van der Waals surface area contributed by atoms with Gasteiger partial charge in [0, 0.05) is 0 Å². The quantitative estimate of drug-likeness (QED) is 0.406. The van der Waals surface area contributed by atoms with Crippen molar-refractivity contribution in [2.24, 2.45) is 0 Å².